The van der Waals surface area contributed by atoms with Crippen LogP contribution in [-0.2, 0) is 9.53 Å². The van der Waals surface area contributed by atoms with Crippen molar-refractivity contribution in [2.75, 3.05) is 6.54 Å². The van der Waals surface area contributed by atoms with Crippen molar-refractivity contribution >= 4 is 12.0 Å². The van der Waals surface area contributed by atoms with E-state index in [9.17, 15) is 9.59 Å². The molecule has 0 radical (unpaired) electrons. The Labute approximate surface area is 96.3 Å². The number of carbonyl (C=O) groups is 2. The zero-order valence-corrected chi connectivity index (χ0v) is 10.6. The highest BCUT2D eigenvalue weighted by Gasteiger charge is 2.34. The van der Waals surface area contributed by atoms with E-state index in [4.69, 9.17) is 4.74 Å². The van der Waals surface area contributed by atoms with Crippen LogP contribution >= 0.6 is 0 Å². The number of hydrogen-bond donors (Lipinski definition) is 0. The lowest BCUT2D eigenvalue weighted by atomic mass is 10.1. The second-order valence-corrected chi connectivity index (χ2v) is 4.98. The Hall–Kier alpha value is -1.32. The molecular formula is C12H19NO3. The molecule has 90 valence electrons. The molecule has 0 atom stereocenters. The standard InChI is InChI=1S/C12H19NO3/c1-6-9-8(2)7-13(10(9)14)11(15)16-12(3,4)5/h6-7H2,1-5H3. The molecule has 1 aliphatic rings. The van der Waals surface area contributed by atoms with Gasteiger partial charge in [0, 0.05) is 5.57 Å². The first kappa shape index (κ1) is 12.7. The van der Waals surface area contributed by atoms with Gasteiger partial charge in [-0.3, -0.25) is 4.79 Å². The topological polar surface area (TPSA) is 46.6 Å². The fourth-order valence-electron chi connectivity index (χ4n) is 1.67. The van der Waals surface area contributed by atoms with Crippen LogP contribution in [0.25, 0.3) is 0 Å². The maximum absolute atomic E-state index is 11.8. The molecule has 0 aromatic carbocycles. The van der Waals surface area contributed by atoms with Crippen molar-refractivity contribution in [1.29, 1.82) is 0 Å². The fraction of sp³-hybridized carbons (Fsp3) is 0.667. The summed E-state index contributed by atoms with van der Waals surface area (Å²) in [6.07, 6.45) is 0.101. The van der Waals surface area contributed by atoms with E-state index in [2.05, 4.69) is 0 Å². The predicted octanol–water partition coefficient (Wildman–Crippen LogP) is 2.49. The number of ether oxygens (including phenoxy) is 1. The smallest absolute Gasteiger partial charge is 0.417 e. The second-order valence-electron chi connectivity index (χ2n) is 4.98. The first-order chi connectivity index (χ1) is 7.26. The molecule has 0 unspecified atom stereocenters. The summed E-state index contributed by atoms with van der Waals surface area (Å²) < 4.78 is 5.17. The number of rotatable bonds is 1. The molecule has 0 aromatic heterocycles. The maximum Gasteiger partial charge on any atom is 0.417 e. The lowest BCUT2D eigenvalue weighted by molar-refractivity contribution is -0.124. The minimum absolute atomic E-state index is 0.214. The van der Waals surface area contributed by atoms with Crippen LogP contribution in [0, 0.1) is 0 Å². The van der Waals surface area contributed by atoms with E-state index in [1.165, 1.54) is 4.90 Å². The maximum atomic E-state index is 11.8. The molecule has 2 amide bonds. The zero-order valence-electron chi connectivity index (χ0n) is 10.6. The number of carbonyl (C=O) groups excluding carboxylic acids is 2. The van der Waals surface area contributed by atoms with E-state index in [0.29, 0.717) is 13.0 Å². The molecule has 16 heavy (non-hydrogen) atoms. The molecule has 1 aliphatic heterocycles. The summed E-state index contributed by atoms with van der Waals surface area (Å²) in [5.74, 6) is -0.214. The van der Waals surface area contributed by atoms with Gasteiger partial charge in [0.05, 0.1) is 6.54 Å². The van der Waals surface area contributed by atoms with Gasteiger partial charge in [-0.15, -0.1) is 0 Å². The van der Waals surface area contributed by atoms with Crippen molar-refractivity contribution in [2.45, 2.75) is 46.6 Å². The highest BCUT2D eigenvalue weighted by Crippen LogP contribution is 2.23. The normalized spacial score (nSPS) is 17.1. The van der Waals surface area contributed by atoms with E-state index in [1.807, 2.05) is 13.8 Å². The number of amides is 2. The minimum atomic E-state index is -0.569. The van der Waals surface area contributed by atoms with Crippen molar-refractivity contribution in [1.82, 2.24) is 4.90 Å². The summed E-state index contributed by atoms with van der Waals surface area (Å²) >= 11 is 0. The van der Waals surface area contributed by atoms with Gasteiger partial charge in [0.2, 0.25) is 0 Å². The molecule has 0 aromatic rings. The fourth-order valence-corrected chi connectivity index (χ4v) is 1.67. The molecule has 4 nitrogen and oxygen atoms in total. The average Bonchev–Trinajstić information content (AvgIpc) is 2.38. The summed E-state index contributed by atoms with van der Waals surface area (Å²) in [5.41, 5.74) is 1.12. The zero-order chi connectivity index (χ0) is 12.5. The van der Waals surface area contributed by atoms with Crippen molar-refractivity contribution in [3.8, 4) is 0 Å². The van der Waals surface area contributed by atoms with Crippen molar-refractivity contribution in [3.05, 3.63) is 11.1 Å². The first-order valence-electron chi connectivity index (χ1n) is 5.49. The van der Waals surface area contributed by atoms with Crippen LogP contribution in [0.3, 0.4) is 0 Å². The van der Waals surface area contributed by atoms with E-state index in [-0.39, 0.29) is 5.91 Å². The summed E-state index contributed by atoms with van der Waals surface area (Å²) in [5, 5.41) is 0. The van der Waals surface area contributed by atoms with Gasteiger partial charge in [-0.25, -0.2) is 9.69 Å². The Morgan fingerprint density at radius 1 is 1.44 bits per heavy atom. The van der Waals surface area contributed by atoms with Gasteiger partial charge in [-0.05, 0) is 39.7 Å². The third kappa shape index (κ3) is 2.62. The molecule has 0 N–H and O–H groups in total. The molecule has 0 saturated carbocycles. The Morgan fingerprint density at radius 3 is 2.38 bits per heavy atom. The Balaban J connectivity index is 2.74. The monoisotopic (exact) mass is 225 g/mol. The van der Waals surface area contributed by atoms with Gasteiger partial charge in [0.25, 0.3) is 5.91 Å². The van der Waals surface area contributed by atoms with Crippen LogP contribution in [0.2, 0.25) is 0 Å². The number of hydrogen-bond acceptors (Lipinski definition) is 3. The highest BCUT2D eigenvalue weighted by molar-refractivity contribution is 6.05. The lowest BCUT2D eigenvalue weighted by Gasteiger charge is -2.23. The molecular weight excluding hydrogens is 206 g/mol. The van der Waals surface area contributed by atoms with Gasteiger partial charge >= 0.3 is 6.09 Å². The van der Waals surface area contributed by atoms with Gasteiger partial charge in [0.15, 0.2) is 0 Å². The third-order valence-electron chi connectivity index (χ3n) is 2.38. The van der Waals surface area contributed by atoms with E-state index >= 15 is 0 Å². The first-order valence-corrected chi connectivity index (χ1v) is 5.49. The molecule has 1 heterocycles. The van der Waals surface area contributed by atoms with Crippen LogP contribution in [-0.4, -0.2) is 29.0 Å². The van der Waals surface area contributed by atoms with Crippen LogP contribution in [0.5, 0.6) is 0 Å². The summed E-state index contributed by atoms with van der Waals surface area (Å²) in [6, 6.07) is 0. The van der Waals surface area contributed by atoms with Gasteiger partial charge in [-0.1, -0.05) is 6.92 Å². The largest absolute Gasteiger partial charge is 0.443 e. The van der Waals surface area contributed by atoms with Gasteiger partial charge < -0.3 is 4.74 Å². The van der Waals surface area contributed by atoms with E-state index in [1.54, 1.807) is 20.8 Å². The number of nitrogens with zero attached hydrogens (tertiary/aromatic N) is 1. The van der Waals surface area contributed by atoms with Crippen molar-refractivity contribution < 1.29 is 14.3 Å². The molecule has 1 rings (SSSR count). The summed E-state index contributed by atoms with van der Waals surface area (Å²) in [7, 11) is 0. The van der Waals surface area contributed by atoms with Crippen LogP contribution in [0.1, 0.15) is 41.0 Å². The van der Waals surface area contributed by atoms with Crippen molar-refractivity contribution in [2.24, 2.45) is 0 Å². The Morgan fingerprint density at radius 2 is 2.00 bits per heavy atom. The number of imide groups is 1. The Bertz CT molecular complexity index is 350. The van der Waals surface area contributed by atoms with Crippen LogP contribution in [0.4, 0.5) is 4.79 Å². The lowest BCUT2D eigenvalue weighted by Crippen LogP contribution is -2.38. The average molecular weight is 225 g/mol. The molecule has 0 spiro atoms. The van der Waals surface area contributed by atoms with Crippen LogP contribution in [0.15, 0.2) is 11.1 Å². The summed E-state index contributed by atoms with van der Waals surface area (Å²) in [4.78, 5) is 24.7. The predicted molar refractivity (Wildman–Crippen MR) is 60.9 cm³/mol. The second kappa shape index (κ2) is 4.28. The Kier molecular flexibility index (Phi) is 3.41. The van der Waals surface area contributed by atoms with Crippen molar-refractivity contribution in [3.63, 3.8) is 0 Å². The quantitative estimate of drug-likeness (QED) is 0.688. The third-order valence-corrected chi connectivity index (χ3v) is 2.38. The van der Waals surface area contributed by atoms with Gasteiger partial charge in [0.1, 0.15) is 5.60 Å². The summed E-state index contributed by atoms with van der Waals surface area (Å²) in [6.45, 7) is 9.50. The molecule has 0 aliphatic carbocycles. The minimum Gasteiger partial charge on any atom is -0.443 e. The highest BCUT2D eigenvalue weighted by atomic mass is 16.6. The van der Waals surface area contributed by atoms with Crippen LogP contribution < -0.4 is 0 Å². The molecule has 0 saturated heterocycles. The molecule has 0 bridgehead atoms. The van der Waals surface area contributed by atoms with E-state index in [0.717, 1.165) is 11.1 Å². The van der Waals surface area contributed by atoms with E-state index < -0.39 is 11.7 Å². The molecule has 0 fully saturated rings. The SMILES string of the molecule is CCC1=C(C)CN(C(=O)OC(C)(C)C)C1=O. The molecule has 4 heteroatoms. The van der Waals surface area contributed by atoms with Gasteiger partial charge in [-0.2, -0.15) is 0 Å².